The van der Waals surface area contributed by atoms with Gasteiger partial charge in [0.1, 0.15) is 0 Å². The van der Waals surface area contributed by atoms with Crippen molar-refractivity contribution in [1.82, 2.24) is 0 Å². The first-order valence-electron chi connectivity index (χ1n) is 11.4. The van der Waals surface area contributed by atoms with E-state index in [1.807, 2.05) is 0 Å². The van der Waals surface area contributed by atoms with Crippen LogP contribution in [0.25, 0.3) is 0 Å². The minimum atomic E-state index is -0.690. The number of aliphatic hydroxyl groups excluding tert-OH is 1. The van der Waals surface area contributed by atoms with Gasteiger partial charge in [-0.25, -0.2) is 0 Å². The molecular formula is C24H36O5. The van der Waals surface area contributed by atoms with Gasteiger partial charge in [-0.05, 0) is 91.9 Å². The van der Waals surface area contributed by atoms with Crippen LogP contribution in [0.3, 0.4) is 0 Å². The molecule has 0 aromatic rings. The molecule has 4 rings (SSSR count). The molecule has 29 heavy (non-hydrogen) atoms. The van der Waals surface area contributed by atoms with Gasteiger partial charge in [0.15, 0.2) is 11.5 Å². The zero-order chi connectivity index (χ0) is 21.0. The Bertz CT molecular complexity index is 742. The molecule has 162 valence electrons. The number of ketones is 1. The van der Waals surface area contributed by atoms with Crippen LogP contribution in [0.2, 0.25) is 0 Å². The van der Waals surface area contributed by atoms with E-state index in [4.69, 9.17) is 4.74 Å². The standard InChI is InChI=1S/C24H36O5/c1-15(25)29-14-4-10-24(28)13-8-18-16-5-6-19-21(27)20(26)9-11-22(19,2)17(16)7-12-23(18,24)3/h16-18,27-28H,4-14H2,1-3H3/t16-,17-,18+,22-,23+,24?/m1/s1. The number of carbonyl (C=O) groups is 2. The van der Waals surface area contributed by atoms with Gasteiger partial charge in [-0.15, -0.1) is 0 Å². The molecule has 0 amide bonds. The van der Waals surface area contributed by atoms with Crippen molar-refractivity contribution in [3.05, 3.63) is 11.3 Å². The number of aliphatic hydroxyl groups is 2. The van der Waals surface area contributed by atoms with Crippen molar-refractivity contribution in [2.75, 3.05) is 6.61 Å². The number of esters is 1. The monoisotopic (exact) mass is 404 g/mol. The van der Waals surface area contributed by atoms with E-state index in [-0.39, 0.29) is 28.3 Å². The highest BCUT2D eigenvalue weighted by atomic mass is 16.5. The average Bonchev–Trinajstić information content (AvgIpc) is 2.94. The summed E-state index contributed by atoms with van der Waals surface area (Å²) in [5, 5.41) is 22.1. The number of carbonyl (C=O) groups excluding carboxylic acids is 2. The summed E-state index contributed by atoms with van der Waals surface area (Å²) in [5.41, 5.74) is 0.144. The number of fused-ring (bicyclic) bond motifs is 5. The van der Waals surface area contributed by atoms with Crippen LogP contribution in [-0.2, 0) is 14.3 Å². The van der Waals surface area contributed by atoms with Crippen molar-refractivity contribution in [2.45, 2.75) is 90.6 Å². The van der Waals surface area contributed by atoms with Crippen molar-refractivity contribution < 1.29 is 24.5 Å². The number of ether oxygens (including phenoxy) is 1. The molecular weight excluding hydrogens is 368 g/mol. The van der Waals surface area contributed by atoms with Gasteiger partial charge in [0.25, 0.3) is 0 Å². The molecule has 0 saturated heterocycles. The van der Waals surface area contributed by atoms with E-state index in [0.29, 0.717) is 43.6 Å². The topological polar surface area (TPSA) is 83.8 Å². The third-order valence-electron chi connectivity index (χ3n) is 9.46. The van der Waals surface area contributed by atoms with Gasteiger partial charge in [-0.2, -0.15) is 0 Å². The van der Waals surface area contributed by atoms with Crippen LogP contribution in [0.15, 0.2) is 11.3 Å². The maximum absolute atomic E-state index is 12.1. The predicted octanol–water partition coefficient (Wildman–Crippen LogP) is 4.48. The summed E-state index contributed by atoms with van der Waals surface area (Å²) in [5.74, 6) is 1.23. The van der Waals surface area contributed by atoms with Gasteiger partial charge in [0, 0.05) is 13.3 Å². The molecule has 0 bridgehead atoms. The average molecular weight is 405 g/mol. The fourth-order valence-electron chi connectivity index (χ4n) is 7.79. The molecule has 0 aromatic heterocycles. The van der Waals surface area contributed by atoms with E-state index in [0.717, 1.165) is 50.5 Å². The number of hydrogen-bond donors (Lipinski definition) is 2. The smallest absolute Gasteiger partial charge is 0.302 e. The molecule has 0 radical (unpaired) electrons. The summed E-state index contributed by atoms with van der Waals surface area (Å²) in [6.07, 6.45) is 8.41. The highest BCUT2D eigenvalue weighted by Crippen LogP contribution is 2.68. The summed E-state index contributed by atoms with van der Waals surface area (Å²) in [6.45, 7) is 6.35. The van der Waals surface area contributed by atoms with Crippen LogP contribution in [0.5, 0.6) is 0 Å². The molecule has 6 atom stereocenters. The number of hydrogen-bond acceptors (Lipinski definition) is 5. The van der Waals surface area contributed by atoms with Crippen LogP contribution in [-0.4, -0.2) is 34.2 Å². The molecule has 2 N–H and O–H groups in total. The molecule has 0 heterocycles. The lowest BCUT2D eigenvalue weighted by Gasteiger charge is -2.59. The van der Waals surface area contributed by atoms with Crippen LogP contribution in [0, 0.1) is 28.6 Å². The molecule has 1 unspecified atom stereocenters. The normalized spacial score (nSPS) is 44.1. The lowest BCUT2D eigenvalue weighted by molar-refractivity contribution is -0.145. The van der Waals surface area contributed by atoms with Gasteiger partial charge in [-0.3, -0.25) is 9.59 Å². The first-order valence-corrected chi connectivity index (χ1v) is 11.4. The Kier molecular flexibility index (Phi) is 5.12. The maximum atomic E-state index is 12.1. The Labute approximate surface area is 173 Å². The Balaban J connectivity index is 1.54. The summed E-state index contributed by atoms with van der Waals surface area (Å²) in [6, 6.07) is 0. The van der Waals surface area contributed by atoms with Crippen molar-refractivity contribution in [2.24, 2.45) is 28.6 Å². The van der Waals surface area contributed by atoms with Crippen molar-refractivity contribution in [3.8, 4) is 0 Å². The van der Waals surface area contributed by atoms with E-state index < -0.39 is 5.60 Å². The second-order valence-electron chi connectivity index (χ2n) is 10.6. The minimum absolute atomic E-state index is 0.0546. The van der Waals surface area contributed by atoms with Gasteiger partial charge < -0.3 is 14.9 Å². The lowest BCUT2D eigenvalue weighted by Crippen LogP contribution is -2.55. The van der Waals surface area contributed by atoms with Gasteiger partial charge in [0.2, 0.25) is 0 Å². The van der Waals surface area contributed by atoms with Gasteiger partial charge in [0.05, 0.1) is 12.2 Å². The third-order valence-corrected chi connectivity index (χ3v) is 9.46. The van der Waals surface area contributed by atoms with Gasteiger partial charge in [-0.1, -0.05) is 13.8 Å². The number of allylic oxidation sites excluding steroid dienone is 1. The molecule has 3 saturated carbocycles. The third kappa shape index (κ3) is 3.07. The molecule has 0 spiro atoms. The Morgan fingerprint density at radius 2 is 1.83 bits per heavy atom. The van der Waals surface area contributed by atoms with E-state index in [9.17, 15) is 19.8 Å². The summed E-state index contributed by atoms with van der Waals surface area (Å²) < 4.78 is 5.09. The van der Waals surface area contributed by atoms with Crippen LogP contribution in [0.4, 0.5) is 0 Å². The largest absolute Gasteiger partial charge is 0.504 e. The number of rotatable bonds is 4. The first-order chi connectivity index (χ1) is 13.6. The van der Waals surface area contributed by atoms with E-state index in [1.165, 1.54) is 6.92 Å². The van der Waals surface area contributed by atoms with Crippen LogP contribution >= 0.6 is 0 Å². The summed E-state index contributed by atoms with van der Waals surface area (Å²) >= 11 is 0. The quantitative estimate of drug-likeness (QED) is 0.533. The van der Waals surface area contributed by atoms with E-state index in [2.05, 4.69) is 13.8 Å². The molecule has 3 fully saturated rings. The minimum Gasteiger partial charge on any atom is -0.504 e. The fraction of sp³-hybridized carbons (Fsp3) is 0.833. The molecule has 4 aliphatic carbocycles. The van der Waals surface area contributed by atoms with E-state index >= 15 is 0 Å². The number of Topliss-reactive ketones (excluding diaryl/α,β-unsaturated/α-hetero) is 1. The predicted molar refractivity (Wildman–Crippen MR) is 109 cm³/mol. The Hall–Kier alpha value is -1.36. The zero-order valence-electron chi connectivity index (χ0n) is 18.1. The maximum Gasteiger partial charge on any atom is 0.302 e. The highest BCUT2D eigenvalue weighted by molar-refractivity contribution is 5.95. The van der Waals surface area contributed by atoms with Crippen molar-refractivity contribution in [3.63, 3.8) is 0 Å². The van der Waals surface area contributed by atoms with Gasteiger partial charge >= 0.3 is 5.97 Å². The molecule has 0 aliphatic heterocycles. The Morgan fingerprint density at radius 1 is 1.10 bits per heavy atom. The molecule has 4 aliphatic rings. The van der Waals surface area contributed by atoms with E-state index in [1.54, 1.807) is 0 Å². The first kappa shape index (κ1) is 20.9. The molecule has 5 heteroatoms. The SMILES string of the molecule is CC(=O)OCCCC1(O)CC[C@H]2[C@@H]3CCC4=C(O)C(=O)CC[C@]4(C)[C@@H]3CC[C@@]21C. The molecule has 5 nitrogen and oxygen atoms in total. The summed E-state index contributed by atoms with van der Waals surface area (Å²) in [7, 11) is 0. The fourth-order valence-corrected chi connectivity index (χ4v) is 7.79. The van der Waals surface area contributed by atoms with Crippen molar-refractivity contribution in [1.29, 1.82) is 0 Å². The zero-order valence-corrected chi connectivity index (χ0v) is 18.1. The lowest BCUT2D eigenvalue weighted by atomic mass is 9.46. The van der Waals surface area contributed by atoms with Crippen LogP contribution < -0.4 is 0 Å². The van der Waals surface area contributed by atoms with Crippen molar-refractivity contribution >= 4 is 11.8 Å². The second-order valence-corrected chi connectivity index (χ2v) is 10.6. The molecule has 0 aromatic carbocycles. The summed E-state index contributed by atoms with van der Waals surface area (Å²) in [4.78, 5) is 23.1. The second kappa shape index (κ2) is 7.11. The Morgan fingerprint density at radius 3 is 2.55 bits per heavy atom. The highest BCUT2D eigenvalue weighted by Gasteiger charge is 2.63. The van der Waals surface area contributed by atoms with Crippen LogP contribution in [0.1, 0.15) is 85.0 Å².